The molecule has 0 bridgehead atoms. The predicted octanol–water partition coefficient (Wildman–Crippen LogP) is 4.93. The molecular weight excluding hydrogens is 433 g/mol. The lowest BCUT2D eigenvalue weighted by Crippen LogP contribution is -2.61. The molecule has 1 aliphatic rings. The van der Waals surface area contributed by atoms with Gasteiger partial charge in [0.25, 0.3) is 0 Å². The molecule has 2 aromatic rings. The average molecular weight is 446 g/mol. The SMILES string of the molecule is O=C(c1cc(Br)cc(Br)c1)C1(Nc2ccc(Cl)cc2)COC1. The van der Waals surface area contributed by atoms with E-state index in [0.717, 1.165) is 14.6 Å². The molecule has 1 heterocycles. The molecular formula is C16H12Br2ClNO2. The predicted molar refractivity (Wildman–Crippen MR) is 94.8 cm³/mol. The van der Waals surface area contributed by atoms with Crippen LogP contribution < -0.4 is 5.32 Å². The van der Waals surface area contributed by atoms with Gasteiger partial charge in [0.15, 0.2) is 5.78 Å². The Hall–Kier alpha value is -0.880. The van der Waals surface area contributed by atoms with Crippen LogP contribution in [0.15, 0.2) is 51.4 Å². The second-order valence-electron chi connectivity index (χ2n) is 5.19. The molecule has 0 aromatic heterocycles. The zero-order valence-corrected chi connectivity index (χ0v) is 15.3. The lowest BCUT2D eigenvalue weighted by atomic mass is 9.87. The summed E-state index contributed by atoms with van der Waals surface area (Å²) in [7, 11) is 0. The van der Waals surface area contributed by atoms with Crippen LogP contribution in [0.3, 0.4) is 0 Å². The van der Waals surface area contributed by atoms with Gasteiger partial charge >= 0.3 is 0 Å². The van der Waals surface area contributed by atoms with E-state index in [2.05, 4.69) is 37.2 Å². The first-order valence-electron chi connectivity index (χ1n) is 6.61. The zero-order valence-electron chi connectivity index (χ0n) is 11.4. The maximum atomic E-state index is 12.9. The minimum atomic E-state index is -0.728. The van der Waals surface area contributed by atoms with E-state index in [1.807, 2.05) is 30.3 Å². The van der Waals surface area contributed by atoms with Crippen molar-refractivity contribution in [3.05, 3.63) is 62.0 Å². The number of benzene rings is 2. The first kappa shape index (κ1) is 16.0. The number of Topliss-reactive ketones (excluding diaryl/α,β-unsaturated/α-hetero) is 1. The van der Waals surface area contributed by atoms with E-state index in [4.69, 9.17) is 16.3 Å². The summed E-state index contributed by atoms with van der Waals surface area (Å²) in [5.74, 6) is 0.00991. The fourth-order valence-electron chi connectivity index (χ4n) is 2.34. The molecule has 0 spiro atoms. The van der Waals surface area contributed by atoms with Crippen LogP contribution in [0.25, 0.3) is 0 Å². The van der Waals surface area contributed by atoms with Gasteiger partial charge in [0.1, 0.15) is 5.54 Å². The number of carbonyl (C=O) groups excluding carboxylic acids is 1. The third-order valence-corrected chi connectivity index (χ3v) is 4.65. The molecule has 0 radical (unpaired) electrons. The molecule has 2 aromatic carbocycles. The molecule has 114 valence electrons. The highest BCUT2D eigenvalue weighted by Gasteiger charge is 2.46. The summed E-state index contributed by atoms with van der Waals surface area (Å²) in [6.45, 7) is 0.692. The molecule has 1 aliphatic heterocycles. The standard InChI is InChI=1S/C16H12Br2ClNO2/c17-11-5-10(6-12(18)7-11)15(21)16(8-22-9-16)20-14-3-1-13(19)2-4-14/h1-7,20H,8-9H2. The van der Waals surface area contributed by atoms with Crippen molar-refractivity contribution in [1.29, 1.82) is 0 Å². The Morgan fingerprint density at radius 2 is 1.68 bits per heavy atom. The van der Waals surface area contributed by atoms with Gasteiger partial charge in [0.05, 0.1) is 13.2 Å². The van der Waals surface area contributed by atoms with E-state index in [0.29, 0.717) is 23.8 Å². The van der Waals surface area contributed by atoms with Gasteiger partial charge < -0.3 is 10.1 Å². The van der Waals surface area contributed by atoms with Crippen molar-refractivity contribution in [3.8, 4) is 0 Å². The summed E-state index contributed by atoms with van der Waals surface area (Å²) >= 11 is 12.7. The van der Waals surface area contributed by atoms with Crippen LogP contribution in [0.2, 0.25) is 5.02 Å². The van der Waals surface area contributed by atoms with Crippen molar-refractivity contribution in [1.82, 2.24) is 0 Å². The molecule has 6 heteroatoms. The lowest BCUT2D eigenvalue weighted by Gasteiger charge is -2.41. The molecule has 0 saturated carbocycles. The fraction of sp³-hybridized carbons (Fsp3) is 0.188. The second-order valence-corrected chi connectivity index (χ2v) is 7.46. The smallest absolute Gasteiger partial charge is 0.193 e. The molecule has 1 N–H and O–H groups in total. The van der Waals surface area contributed by atoms with Gasteiger partial charge in [-0.3, -0.25) is 4.79 Å². The minimum Gasteiger partial charge on any atom is -0.375 e. The molecule has 0 aliphatic carbocycles. The Morgan fingerprint density at radius 1 is 1.09 bits per heavy atom. The van der Waals surface area contributed by atoms with E-state index in [-0.39, 0.29) is 5.78 Å². The minimum absolute atomic E-state index is 0.00991. The average Bonchev–Trinajstić information content (AvgIpc) is 2.43. The highest BCUT2D eigenvalue weighted by Crippen LogP contribution is 2.30. The molecule has 0 unspecified atom stereocenters. The van der Waals surface area contributed by atoms with E-state index in [9.17, 15) is 4.79 Å². The van der Waals surface area contributed by atoms with Crippen LogP contribution in [-0.2, 0) is 4.74 Å². The highest BCUT2D eigenvalue weighted by atomic mass is 79.9. The number of carbonyl (C=O) groups is 1. The van der Waals surface area contributed by atoms with Gasteiger partial charge in [-0.25, -0.2) is 0 Å². The summed E-state index contributed by atoms with van der Waals surface area (Å²) in [4.78, 5) is 12.9. The monoisotopic (exact) mass is 443 g/mol. The number of ether oxygens (including phenoxy) is 1. The number of nitrogens with one attached hydrogen (secondary N) is 1. The van der Waals surface area contributed by atoms with Crippen molar-refractivity contribution in [3.63, 3.8) is 0 Å². The first-order valence-corrected chi connectivity index (χ1v) is 8.57. The number of hydrogen-bond acceptors (Lipinski definition) is 3. The van der Waals surface area contributed by atoms with Crippen LogP contribution in [-0.4, -0.2) is 24.5 Å². The molecule has 3 nitrogen and oxygen atoms in total. The number of hydrogen-bond donors (Lipinski definition) is 1. The Bertz CT molecular complexity index is 694. The molecule has 0 atom stereocenters. The lowest BCUT2D eigenvalue weighted by molar-refractivity contribution is -0.0277. The van der Waals surface area contributed by atoms with E-state index in [1.165, 1.54) is 0 Å². The second kappa shape index (κ2) is 6.32. The van der Waals surface area contributed by atoms with E-state index >= 15 is 0 Å². The molecule has 22 heavy (non-hydrogen) atoms. The summed E-state index contributed by atoms with van der Waals surface area (Å²) in [5, 5.41) is 3.95. The van der Waals surface area contributed by atoms with Crippen LogP contribution >= 0.6 is 43.5 Å². The summed E-state index contributed by atoms with van der Waals surface area (Å²) in [6.07, 6.45) is 0. The highest BCUT2D eigenvalue weighted by molar-refractivity contribution is 9.11. The molecule has 0 amide bonds. The van der Waals surface area contributed by atoms with Gasteiger partial charge in [0, 0.05) is 25.2 Å². The van der Waals surface area contributed by atoms with Gasteiger partial charge in [-0.2, -0.15) is 0 Å². The fourth-order valence-corrected chi connectivity index (χ4v) is 3.76. The van der Waals surface area contributed by atoms with Crippen LogP contribution in [0.1, 0.15) is 10.4 Å². The third-order valence-electron chi connectivity index (χ3n) is 3.48. The third kappa shape index (κ3) is 3.23. The van der Waals surface area contributed by atoms with Crippen molar-refractivity contribution in [2.24, 2.45) is 0 Å². The first-order chi connectivity index (χ1) is 10.5. The molecule has 1 saturated heterocycles. The Balaban J connectivity index is 1.89. The van der Waals surface area contributed by atoms with Crippen LogP contribution in [0.5, 0.6) is 0 Å². The summed E-state index contributed by atoms with van der Waals surface area (Å²) in [6, 6.07) is 12.8. The normalized spacial score (nSPS) is 16.0. The van der Waals surface area contributed by atoms with Gasteiger partial charge in [-0.05, 0) is 42.5 Å². The number of rotatable bonds is 4. The van der Waals surface area contributed by atoms with Gasteiger partial charge in [-0.15, -0.1) is 0 Å². The summed E-state index contributed by atoms with van der Waals surface area (Å²) in [5.41, 5.74) is 0.745. The zero-order chi connectivity index (χ0) is 15.7. The Morgan fingerprint density at radius 3 is 2.18 bits per heavy atom. The van der Waals surface area contributed by atoms with Crippen LogP contribution in [0, 0.1) is 0 Å². The maximum absolute atomic E-state index is 12.9. The molecule has 1 fully saturated rings. The van der Waals surface area contributed by atoms with Crippen molar-refractivity contribution in [2.45, 2.75) is 5.54 Å². The van der Waals surface area contributed by atoms with Crippen molar-refractivity contribution in [2.75, 3.05) is 18.5 Å². The topological polar surface area (TPSA) is 38.3 Å². The Kier molecular flexibility index (Phi) is 4.59. The van der Waals surface area contributed by atoms with Crippen LogP contribution in [0.4, 0.5) is 5.69 Å². The van der Waals surface area contributed by atoms with Gasteiger partial charge in [-0.1, -0.05) is 43.5 Å². The number of halogens is 3. The number of ketones is 1. The van der Waals surface area contributed by atoms with Crippen molar-refractivity contribution >= 4 is 54.9 Å². The molecule has 3 rings (SSSR count). The Labute approximate surface area is 150 Å². The quantitative estimate of drug-likeness (QED) is 0.679. The van der Waals surface area contributed by atoms with E-state index in [1.54, 1.807) is 12.1 Å². The van der Waals surface area contributed by atoms with Gasteiger partial charge in [0.2, 0.25) is 0 Å². The maximum Gasteiger partial charge on any atom is 0.193 e. The van der Waals surface area contributed by atoms with E-state index < -0.39 is 5.54 Å². The summed E-state index contributed by atoms with van der Waals surface area (Å²) < 4.78 is 7.01. The number of anilines is 1. The largest absolute Gasteiger partial charge is 0.375 e. The van der Waals surface area contributed by atoms with Crippen molar-refractivity contribution < 1.29 is 9.53 Å².